The molecular formula is C61H40N2. The highest BCUT2D eigenvalue weighted by atomic mass is 15.1. The van der Waals surface area contributed by atoms with Crippen molar-refractivity contribution in [1.29, 1.82) is 0 Å². The van der Waals surface area contributed by atoms with Crippen molar-refractivity contribution < 1.29 is 0 Å². The van der Waals surface area contributed by atoms with Crippen molar-refractivity contribution in [3.63, 3.8) is 0 Å². The molecule has 0 fully saturated rings. The summed E-state index contributed by atoms with van der Waals surface area (Å²) >= 11 is 0. The second-order valence-electron chi connectivity index (χ2n) is 16.8. The van der Waals surface area contributed by atoms with E-state index in [1.54, 1.807) is 0 Å². The second-order valence-corrected chi connectivity index (χ2v) is 16.8. The normalized spacial score (nSPS) is 14.4. The summed E-state index contributed by atoms with van der Waals surface area (Å²) in [6.45, 7) is 0. The second kappa shape index (κ2) is 13.9. The Morgan fingerprint density at radius 3 is 1.29 bits per heavy atom. The van der Waals surface area contributed by atoms with E-state index in [1.165, 1.54) is 76.8 Å². The molecule has 1 unspecified atom stereocenters. The monoisotopic (exact) mass is 800 g/mol. The smallest absolute Gasteiger partial charge is 0.0727 e. The number of hydrogen-bond donors (Lipinski definition) is 0. The molecule has 13 rings (SSSR count). The Morgan fingerprint density at radius 2 is 0.667 bits per heavy atom. The molecule has 0 saturated heterocycles. The molecule has 0 radical (unpaired) electrons. The summed E-state index contributed by atoms with van der Waals surface area (Å²) in [6, 6.07) is 89.6. The van der Waals surface area contributed by atoms with Gasteiger partial charge < -0.3 is 9.80 Å². The van der Waals surface area contributed by atoms with Crippen LogP contribution in [0.3, 0.4) is 0 Å². The van der Waals surface area contributed by atoms with Crippen LogP contribution in [-0.4, -0.2) is 0 Å². The number of anilines is 6. The molecule has 2 nitrogen and oxygen atoms in total. The van der Waals surface area contributed by atoms with Crippen LogP contribution < -0.4 is 9.80 Å². The Kier molecular flexibility index (Phi) is 7.85. The summed E-state index contributed by atoms with van der Waals surface area (Å²) in [5, 5.41) is 7.61. The van der Waals surface area contributed by atoms with E-state index in [-0.39, 0.29) is 0 Å². The van der Waals surface area contributed by atoms with Crippen molar-refractivity contribution in [2.75, 3.05) is 9.80 Å². The molecule has 294 valence electrons. The Bertz CT molecular complexity index is 3500. The number of hydrogen-bond acceptors (Lipinski definition) is 2. The number of rotatable bonds is 6. The average molecular weight is 801 g/mol. The van der Waals surface area contributed by atoms with E-state index in [0.29, 0.717) is 0 Å². The molecule has 0 aliphatic heterocycles. The van der Waals surface area contributed by atoms with Crippen molar-refractivity contribution in [3.05, 3.63) is 265 Å². The molecule has 0 saturated carbocycles. The van der Waals surface area contributed by atoms with E-state index in [1.807, 2.05) is 0 Å². The fraction of sp³-hybridized carbons (Fsp3) is 0.0164. The van der Waals surface area contributed by atoms with Crippen LogP contribution in [0.2, 0.25) is 0 Å². The highest BCUT2D eigenvalue weighted by molar-refractivity contribution is 6.26. The first kappa shape index (κ1) is 35.5. The average Bonchev–Trinajstić information content (AvgIpc) is 3.83. The lowest BCUT2D eigenvalue weighted by Gasteiger charge is -2.33. The summed E-state index contributed by atoms with van der Waals surface area (Å²) in [5.41, 5.74) is 16.5. The maximum atomic E-state index is 2.49. The summed E-state index contributed by atoms with van der Waals surface area (Å²) in [4.78, 5) is 4.88. The quantitative estimate of drug-likeness (QED) is 0.155. The molecule has 11 aromatic rings. The van der Waals surface area contributed by atoms with Crippen molar-refractivity contribution >= 4 is 66.4 Å². The topological polar surface area (TPSA) is 6.48 Å². The summed E-state index contributed by atoms with van der Waals surface area (Å²) in [7, 11) is 0. The van der Waals surface area contributed by atoms with Crippen molar-refractivity contribution in [1.82, 2.24) is 0 Å². The molecule has 0 aromatic heterocycles. The van der Waals surface area contributed by atoms with Crippen molar-refractivity contribution in [3.8, 4) is 22.3 Å². The minimum atomic E-state index is -0.552. The number of nitrogens with zero attached hydrogens (tertiary/aromatic N) is 2. The molecule has 0 heterocycles. The minimum Gasteiger partial charge on any atom is -0.310 e. The predicted octanol–water partition coefficient (Wildman–Crippen LogP) is 16.4. The molecule has 1 atom stereocenters. The highest BCUT2D eigenvalue weighted by Gasteiger charge is 2.52. The SMILES string of the molecule is c1ccc(N(c2ccccc2)c2ccc3c(c2)C2(c4ccccc4-3)c3ccccc3-c3c(N(c4ccccc4)c4ccc5c6ccccc6c6ccccc6c5c4)cccc32)cc1. The maximum Gasteiger partial charge on any atom is 0.0727 e. The molecule has 2 heteroatoms. The van der Waals surface area contributed by atoms with Gasteiger partial charge in [0.1, 0.15) is 0 Å². The molecule has 11 aromatic carbocycles. The van der Waals surface area contributed by atoms with Crippen LogP contribution >= 0.6 is 0 Å². The molecule has 0 N–H and O–H groups in total. The van der Waals surface area contributed by atoms with Crippen LogP contribution in [0.5, 0.6) is 0 Å². The van der Waals surface area contributed by atoms with Gasteiger partial charge in [-0.2, -0.15) is 0 Å². The number of para-hydroxylation sites is 3. The van der Waals surface area contributed by atoms with Gasteiger partial charge in [0.2, 0.25) is 0 Å². The Morgan fingerprint density at radius 1 is 0.238 bits per heavy atom. The predicted molar refractivity (Wildman–Crippen MR) is 265 cm³/mol. The van der Waals surface area contributed by atoms with Gasteiger partial charge in [-0.05, 0) is 138 Å². The summed E-state index contributed by atoms with van der Waals surface area (Å²) < 4.78 is 0. The van der Waals surface area contributed by atoms with Gasteiger partial charge in [-0.3, -0.25) is 0 Å². The molecule has 0 bridgehead atoms. The highest BCUT2D eigenvalue weighted by Crippen LogP contribution is 2.65. The van der Waals surface area contributed by atoms with Crippen molar-refractivity contribution in [2.24, 2.45) is 0 Å². The zero-order valence-corrected chi connectivity index (χ0v) is 34.5. The van der Waals surface area contributed by atoms with Gasteiger partial charge in [-0.1, -0.05) is 176 Å². The van der Waals surface area contributed by atoms with Crippen LogP contribution in [0, 0.1) is 0 Å². The maximum absolute atomic E-state index is 2.49. The van der Waals surface area contributed by atoms with E-state index in [2.05, 4.69) is 252 Å². The zero-order chi connectivity index (χ0) is 41.5. The minimum absolute atomic E-state index is 0.552. The molecular weight excluding hydrogens is 761 g/mol. The molecule has 1 spiro atoms. The van der Waals surface area contributed by atoms with Crippen LogP contribution in [0.15, 0.2) is 243 Å². The number of fused-ring (bicyclic) bond motifs is 16. The van der Waals surface area contributed by atoms with Crippen molar-refractivity contribution in [2.45, 2.75) is 5.41 Å². The lowest BCUT2D eigenvalue weighted by Crippen LogP contribution is -2.26. The zero-order valence-electron chi connectivity index (χ0n) is 34.5. The first-order chi connectivity index (χ1) is 31.3. The third-order valence-electron chi connectivity index (χ3n) is 13.6. The lowest BCUT2D eigenvalue weighted by atomic mass is 9.70. The van der Waals surface area contributed by atoms with Gasteiger partial charge in [0.25, 0.3) is 0 Å². The Labute approximate surface area is 367 Å². The molecule has 63 heavy (non-hydrogen) atoms. The van der Waals surface area contributed by atoms with Crippen LogP contribution in [0.4, 0.5) is 34.1 Å². The Balaban J connectivity index is 1.09. The first-order valence-electron chi connectivity index (χ1n) is 21.9. The third kappa shape index (κ3) is 5.13. The largest absolute Gasteiger partial charge is 0.310 e. The summed E-state index contributed by atoms with van der Waals surface area (Å²) in [5.74, 6) is 0. The van der Waals surface area contributed by atoms with Gasteiger partial charge in [-0.25, -0.2) is 0 Å². The molecule has 0 amide bonds. The fourth-order valence-electron chi connectivity index (χ4n) is 11.1. The van der Waals surface area contributed by atoms with E-state index in [4.69, 9.17) is 0 Å². The van der Waals surface area contributed by atoms with Crippen LogP contribution in [0.1, 0.15) is 22.3 Å². The third-order valence-corrected chi connectivity index (χ3v) is 13.6. The first-order valence-corrected chi connectivity index (χ1v) is 21.9. The summed E-state index contributed by atoms with van der Waals surface area (Å²) in [6.07, 6.45) is 0. The van der Waals surface area contributed by atoms with Gasteiger partial charge in [0.15, 0.2) is 0 Å². The van der Waals surface area contributed by atoms with Gasteiger partial charge >= 0.3 is 0 Å². The van der Waals surface area contributed by atoms with Gasteiger partial charge in [0.05, 0.1) is 11.1 Å². The van der Waals surface area contributed by atoms with E-state index >= 15 is 0 Å². The van der Waals surface area contributed by atoms with Gasteiger partial charge in [-0.15, -0.1) is 0 Å². The number of benzene rings is 11. The van der Waals surface area contributed by atoms with E-state index < -0.39 is 5.41 Å². The standard InChI is InChI=1S/C61H40N2/c1-4-19-41(20-5-1)62(42-21-6-2-7-22-42)45-36-38-52-51-29-14-16-31-55(51)61(58(52)40-45)56-32-17-15-30-53(56)60-57(61)33-18-34-59(60)63(43-23-8-3-9-24-43)44-35-37-50-48-27-11-10-25-46(48)47-26-12-13-28-49(47)54(50)39-44/h1-40H. The molecule has 2 aliphatic rings. The Hall–Kier alpha value is -8.20. The molecule has 2 aliphatic carbocycles. The van der Waals surface area contributed by atoms with E-state index in [0.717, 1.165) is 34.1 Å². The van der Waals surface area contributed by atoms with E-state index in [9.17, 15) is 0 Å². The van der Waals surface area contributed by atoms with Gasteiger partial charge in [0, 0.05) is 34.0 Å². The van der Waals surface area contributed by atoms with Crippen LogP contribution in [0.25, 0.3) is 54.6 Å². The lowest BCUT2D eigenvalue weighted by molar-refractivity contribution is 0.793. The fourth-order valence-corrected chi connectivity index (χ4v) is 11.1. The van der Waals surface area contributed by atoms with Crippen LogP contribution in [-0.2, 0) is 5.41 Å².